The maximum atomic E-state index is 12.7. The third kappa shape index (κ3) is 3.33. The first-order valence-electron chi connectivity index (χ1n) is 4.52. The lowest BCUT2D eigenvalue weighted by molar-refractivity contribution is -0.0911. The molecule has 0 aliphatic carbocycles. The van der Waals surface area contributed by atoms with Crippen LogP contribution in [0.5, 0.6) is 0 Å². The van der Waals surface area contributed by atoms with Gasteiger partial charge in [0.1, 0.15) is 11.3 Å². The van der Waals surface area contributed by atoms with E-state index in [0.717, 1.165) is 12.2 Å². The zero-order valence-electron chi connectivity index (χ0n) is 9.01. The number of nitrogens with zero attached hydrogens (tertiary/aromatic N) is 1. The van der Waals surface area contributed by atoms with E-state index in [-0.39, 0.29) is 0 Å². The maximum Gasteiger partial charge on any atom is 0.421 e. The third-order valence-corrected chi connectivity index (χ3v) is 1.72. The molecule has 8 heteroatoms. The molecule has 0 saturated carbocycles. The Balaban J connectivity index is 3.30. The van der Waals surface area contributed by atoms with Crippen LogP contribution in [0, 0.1) is 0 Å². The summed E-state index contributed by atoms with van der Waals surface area (Å²) in [4.78, 5) is 10.4. The summed E-state index contributed by atoms with van der Waals surface area (Å²) < 4.78 is 38.2. The average Bonchev–Trinajstić information content (AvgIpc) is 2.12. The number of allylic oxidation sites excluding steroid dienone is 2. The number of alkyl halides is 3. The first kappa shape index (κ1) is 13.3. The normalized spacial score (nSPS) is 16.7. The fraction of sp³-hybridized carbons (Fsp3) is 0.444. The average molecular weight is 249 g/mol. The molecule has 3 N–H and O–H groups in total. The van der Waals surface area contributed by atoms with E-state index in [1.54, 1.807) is 0 Å². The third-order valence-electron chi connectivity index (χ3n) is 1.72. The number of halogens is 3. The number of hydrogen-bond acceptors (Lipinski definition) is 5. The fourth-order valence-electron chi connectivity index (χ4n) is 1.21. The highest BCUT2D eigenvalue weighted by Crippen LogP contribution is 2.32. The summed E-state index contributed by atoms with van der Waals surface area (Å²) in [6, 6.07) is 0. The largest absolute Gasteiger partial charge is 0.421 e. The molecule has 0 radical (unpaired) electrons. The van der Waals surface area contributed by atoms with Gasteiger partial charge in [0, 0.05) is 0 Å². The van der Waals surface area contributed by atoms with Gasteiger partial charge in [0.15, 0.2) is 11.6 Å². The predicted octanol–water partition coefficient (Wildman–Crippen LogP) is 0.425. The molecule has 0 bridgehead atoms. The second kappa shape index (κ2) is 4.23. The lowest BCUT2D eigenvalue weighted by Crippen LogP contribution is -2.42. The minimum atomic E-state index is -4.76. The van der Waals surface area contributed by atoms with Crippen molar-refractivity contribution in [3.8, 4) is 0 Å². The van der Waals surface area contributed by atoms with Gasteiger partial charge in [-0.05, 0) is 13.8 Å². The van der Waals surface area contributed by atoms with Gasteiger partial charge in [-0.3, -0.25) is 5.43 Å². The lowest BCUT2D eigenvalue weighted by Gasteiger charge is -2.26. The number of carbonyl (C=O) groups excluding carboxylic acids is 1. The molecule has 17 heavy (non-hydrogen) atoms. The minimum absolute atomic E-state index is 0.498. The van der Waals surface area contributed by atoms with Crippen LogP contribution < -0.4 is 10.7 Å². The summed E-state index contributed by atoms with van der Waals surface area (Å²) in [6.45, 7) is 2.52. The van der Waals surface area contributed by atoms with E-state index in [0.29, 0.717) is 0 Å². The van der Waals surface area contributed by atoms with Crippen LogP contribution in [0.25, 0.3) is 0 Å². The molecule has 0 saturated heterocycles. The van der Waals surface area contributed by atoms with E-state index >= 15 is 0 Å². The second-order valence-electron chi connectivity index (χ2n) is 3.82. The van der Waals surface area contributed by atoms with Crippen LogP contribution in [-0.2, 0) is 4.79 Å². The van der Waals surface area contributed by atoms with Crippen molar-refractivity contribution in [3.63, 3.8) is 0 Å². The van der Waals surface area contributed by atoms with Gasteiger partial charge in [-0.2, -0.15) is 18.3 Å². The summed E-state index contributed by atoms with van der Waals surface area (Å²) in [7, 11) is 0. The van der Waals surface area contributed by atoms with Crippen molar-refractivity contribution in [1.82, 2.24) is 10.7 Å². The van der Waals surface area contributed by atoms with Crippen LogP contribution in [0.3, 0.4) is 0 Å². The Morgan fingerprint density at radius 1 is 1.47 bits per heavy atom. The molecule has 0 spiro atoms. The van der Waals surface area contributed by atoms with Gasteiger partial charge in [-0.1, -0.05) is 0 Å². The topological polar surface area (TPSA) is 73.7 Å². The summed E-state index contributed by atoms with van der Waals surface area (Å²) in [5.41, 5.74) is -2.25. The fourth-order valence-corrected chi connectivity index (χ4v) is 1.21. The van der Waals surface area contributed by atoms with Gasteiger partial charge < -0.3 is 10.4 Å². The molecule has 0 atom stereocenters. The monoisotopic (exact) mass is 249 g/mol. The SMILES string of the molecule is CC(C)(O)NC1=C(C(F)(F)F)C(=C=O)NN=C1. The Bertz CT molecular complexity index is 426. The first-order chi connectivity index (χ1) is 7.65. The van der Waals surface area contributed by atoms with Gasteiger partial charge in [0.05, 0.1) is 11.9 Å². The number of hydrazone groups is 1. The van der Waals surface area contributed by atoms with Crippen LogP contribution in [0.1, 0.15) is 13.8 Å². The Hall–Kier alpha value is -1.79. The summed E-state index contributed by atoms with van der Waals surface area (Å²) in [6.07, 6.45) is -3.93. The Kier molecular flexibility index (Phi) is 3.30. The molecule has 1 aliphatic heterocycles. The molecule has 1 rings (SSSR count). The molecule has 0 fully saturated rings. The first-order valence-corrected chi connectivity index (χ1v) is 4.52. The van der Waals surface area contributed by atoms with E-state index < -0.39 is 28.9 Å². The maximum absolute atomic E-state index is 12.7. The van der Waals surface area contributed by atoms with Crippen molar-refractivity contribution in [2.24, 2.45) is 5.10 Å². The van der Waals surface area contributed by atoms with Crippen molar-refractivity contribution < 1.29 is 23.1 Å². The lowest BCUT2D eigenvalue weighted by atomic mass is 10.1. The minimum Gasteiger partial charge on any atom is -0.372 e. The molecule has 0 aromatic carbocycles. The van der Waals surface area contributed by atoms with Gasteiger partial charge in [0.25, 0.3) is 0 Å². The molecule has 1 heterocycles. The van der Waals surface area contributed by atoms with Crippen molar-refractivity contribution >= 4 is 12.2 Å². The Labute approximate surface area is 94.7 Å². The number of hydrogen-bond donors (Lipinski definition) is 3. The van der Waals surface area contributed by atoms with E-state index in [9.17, 15) is 23.1 Å². The number of nitrogens with one attached hydrogen (secondary N) is 2. The van der Waals surface area contributed by atoms with Crippen molar-refractivity contribution in [3.05, 3.63) is 17.0 Å². The molecular formula is C9H10F3N3O2. The van der Waals surface area contributed by atoms with E-state index in [1.165, 1.54) is 13.8 Å². The van der Waals surface area contributed by atoms with E-state index in [2.05, 4.69) is 10.4 Å². The molecule has 0 unspecified atom stereocenters. The van der Waals surface area contributed by atoms with Crippen LogP contribution >= 0.6 is 0 Å². The van der Waals surface area contributed by atoms with Crippen molar-refractivity contribution in [1.29, 1.82) is 0 Å². The van der Waals surface area contributed by atoms with Gasteiger partial charge in [-0.25, -0.2) is 4.79 Å². The molecule has 1 aliphatic rings. The molecule has 0 aromatic heterocycles. The Morgan fingerprint density at radius 3 is 2.47 bits per heavy atom. The quantitative estimate of drug-likeness (QED) is 0.490. The van der Waals surface area contributed by atoms with Crippen LogP contribution in [0.4, 0.5) is 13.2 Å². The smallest absolute Gasteiger partial charge is 0.372 e. The highest BCUT2D eigenvalue weighted by atomic mass is 19.4. The molecular weight excluding hydrogens is 239 g/mol. The Morgan fingerprint density at radius 2 is 2.06 bits per heavy atom. The standard InChI is InChI=1S/C9H10F3N3O2/c1-8(2,17)14-5-3-13-15-6(4-16)7(5)9(10,11)12/h3,14-15,17H,1-2H3. The molecule has 5 nitrogen and oxygen atoms in total. The van der Waals surface area contributed by atoms with Crippen LogP contribution in [0.15, 0.2) is 22.1 Å². The molecule has 94 valence electrons. The van der Waals surface area contributed by atoms with Crippen molar-refractivity contribution in [2.75, 3.05) is 0 Å². The molecule has 0 amide bonds. The second-order valence-corrected chi connectivity index (χ2v) is 3.82. The summed E-state index contributed by atoms with van der Waals surface area (Å²) in [5.74, 6) is 1.12. The van der Waals surface area contributed by atoms with Crippen LogP contribution in [0.2, 0.25) is 0 Å². The number of aliphatic hydroxyl groups is 1. The zero-order valence-corrected chi connectivity index (χ0v) is 9.01. The summed E-state index contributed by atoms with van der Waals surface area (Å²) >= 11 is 0. The number of rotatable bonds is 2. The molecule has 0 aromatic rings. The zero-order chi connectivity index (χ0) is 13.3. The van der Waals surface area contributed by atoms with Gasteiger partial charge >= 0.3 is 6.18 Å². The van der Waals surface area contributed by atoms with Gasteiger partial charge in [-0.15, -0.1) is 0 Å². The highest BCUT2D eigenvalue weighted by Gasteiger charge is 2.41. The van der Waals surface area contributed by atoms with Crippen molar-refractivity contribution in [2.45, 2.75) is 25.7 Å². The highest BCUT2D eigenvalue weighted by molar-refractivity contribution is 5.84. The van der Waals surface area contributed by atoms with E-state index in [1.807, 2.05) is 5.43 Å². The van der Waals surface area contributed by atoms with E-state index in [4.69, 9.17) is 0 Å². The summed E-state index contributed by atoms with van der Waals surface area (Å²) in [5, 5.41) is 15.0. The predicted molar refractivity (Wildman–Crippen MR) is 53.3 cm³/mol. The van der Waals surface area contributed by atoms with Crippen LogP contribution in [-0.4, -0.2) is 29.2 Å². The van der Waals surface area contributed by atoms with Gasteiger partial charge in [0.2, 0.25) is 0 Å².